The third kappa shape index (κ3) is 8.30. The van der Waals surface area contributed by atoms with Crippen LogP contribution in [0.4, 0.5) is 5.69 Å². The highest BCUT2D eigenvalue weighted by Gasteiger charge is 2.34. The van der Waals surface area contributed by atoms with E-state index in [1.165, 1.54) is 17.0 Å². The van der Waals surface area contributed by atoms with Crippen molar-refractivity contribution in [3.05, 3.63) is 61.0 Å². The van der Waals surface area contributed by atoms with E-state index in [0.29, 0.717) is 15.6 Å². The molecule has 2 aromatic carbocycles. The number of carbonyl (C=O) groups excluding carboxylic acids is 2. The van der Waals surface area contributed by atoms with Gasteiger partial charge in [0.2, 0.25) is 21.8 Å². The standard InChI is InChI=1S/C26H30Cl5N3O4S/c1-3-23(26(36)32-16-8-5-4-6-9-16)33(14-17-18(27)10-7-11-19(17)28)25(35)15-34(39(2,37)38)24-13-21(30)20(29)12-22(24)31/h7,10-13,16,23H,3-6,8-9,14-15H2,1-2H3,(H,32,36). The van der Waals surface area contributed by atoms with Gasteiger partial charge >= 0.3 is 0 Å². The molecule has 1 saturated carbocycles. The number of benzene rings is 2. The van der Waals surface area contributed by atoms with Gasteiger partial charge in [-0.25, -0.2) is 8.42 Å². The van der Waals surface area contributed by atoms with Gasteiger partial charge in [-0.05, 0) is 43.5 Å². The van der Waals surface area contributed by atoms with Crippen molar-refractivity contribution < 1.29 is 18.0 Å². The molecule has 0 heterocycles. The van der Waals surface area contributed by atoms with Crippen LogP contribution in [0.3, 0.4) is 0 Å². The summed E-state index contributed by atoms with van der Waals surface area (Å²) in [5.41, 5.74) is 0.425. The Balaban J connectivity index is 2.00. The van der Waals surface area contributed by atoms with Crippen LogP contribution < -0.4 is 9.62 Å². The minimum Gasteiger partial charge on any atom is -0.352 e. The summed E-state index contributed by atoms with van der Waals surface area (Å²) in [5.74, 6) is -0.969. The zero-order valence-corrected chi connectivity index (χ0v) is 26.1. The minimum atomic E-state index is -4.02. The van der Waals surface area contributed by atoms with Crippen molar-refractivity contribution in [1.82, 2.24) is 10.2 Å². The first-order valence-electron chi connectivity index (χ1n) is 12.5. The van der Waals surface area contributed by atoms with Crippen molar-refractivity contribution in [3.63, 3.8) is 0 Å². The Morgan fingerprint density at radius 2 is 1.54 bits per heavy atom. The van der Waals surface area contributed by atoms with E-state index in [2.05, 4.69) is 5.32 Å². The Hall–Kier alpha value is -1.42. The number of hydrogen-bond donors (Lipinski definition) is 1. The average molecular weight is 658 g/mol. The van der Waals surface area contributed by atoms with E-state index < -0.39 is 28.5 Å². The molecule has 0 radical (unpaired) electrons. The lowest BCUT2D eigenvalue weighted by Gasteiger charge is -2.34. The van der Waals surface area contributed by atoms with Crippen molar-refractivity contribution in [3.8, 4) is 0 Å². The molecule has 3 rings (SSSR count). The molecule has 2 amide bonds. The largest absolute Gasteiger partial charge is 0.352 e. The van der Waals surface area contributed by atoms with Crippen LogP contribution in [0.1, 0.15) is 51.0 Å². The van der Waals surface area contributed by atoms with Gasteiger partial charge < -0.3 is 10.2 Å². The summed E-state index contributed by atoms with van der Waals surface area (Å²) in [5, 5.41) is 3.89. The molecule has 7 nitrogen and oxygen atoms in total. The molecular weight excluding hydrogens is 628 g/mol. The second-order valence-corrected chi connectivity index (χ2v) is 13.4. The van der Waals surface area contributed by atoms with Gasteiger partial charge in [0.05, 0.1) is 27.0 Å². The van der Waals surface area contributed by atoms with Gasteiger partial charge in [-0.15, -0.1) is 0 Å². The maximum absolute atomic E-state index is 13.9. The van der Waals surface area contributed by atoms with Crippen molar-refractivity contribution in [2.75, 3.05) is 17.1 Å². The molecule has 39 heavy (non-hydrogen) atoms. The minimum absolute atomic E-state index is 0.00888. The van der Waals surface area contributed by atoms with Gasteiger partial charge in [0.25, 0.3) is 0 Å². The smallest absolute Gasteiger partial charge is 0.244 e. The molecule has 1 aliphatic rings. The van der Waals surface area contributed by atoms with Gasteiger partial charge in [-0.1, -0.05) is 90.3 Å². The molecule has 0 spiro atoms. The van der Waals surface area contributed by atoms with E-state index >= 15 is 0 Å². The van der Waals surface area contributed by atoms with Crippen molar-refractivity contribution >= 4 is 85.5 Å². The first kappa shape index (κ1) is 32.1. The normalized spacial score (nSPS) is 15.1. The van der Waals surface area contributed by atoms with E-state index in [-0.39, 0.29) is 45.7 Å². The molecule has 0 aliphatic heterocycles. The quantitative estimate of drug-likeness (QED) is 0.280. The summed E-state index contributed by atoms with van der Waals surface area (Å²) in [6, 6.07) is 6.63. The molecular formula is C26H30Cl5N3O4S. The first-order valence-corrected chi connectivity index (χ1v) is 16.2. The summed E-state index contributed by atoms with van der Waals surface area (Å²) < 4.78 is 26.5. The van der Waals surface area contributed by atoms with Crippen LogP contribution in [-0.4, -0.2) is 50.0 Å². The fourth-order valence-electron chi connectivity index (χ4n) is 4.62. The third-order valence-corrected chi connectivity index (χ3v) is 9.52. The van der Waals surface area contributed by atoms with Crippen LogP contribution in [0.2, 0.25) is 25.1 Å². The number of anilines is 1. The lowest BCUT2D eigenvalue weighted by Crippen LogP contribution is -2.54. The summed E-state index contributed by atoms with van der Waals surface area (Å²) in [4.78, 5) is 28.7. The van der Waals surface area contributed by atoms with E-state index in [4.69, 9.17) is 58.0 Å². The zero-order chi connectivity index (χ0) is 28.9. The topological polar surface area (TPSA) is 86.8 Å². The predicted octanol–water partition coefficient (Wildman–Crippen LogP) is 6.98. The molecule has 1 N–H and O–H groups in total. The van der Waals surface area contributed by atoms with Crippen LogP contribution >= 0.6 is 58.0 Å². The van der Waals surface area contributed by atoms with Gasteiger partial charge in [0.15, 0.2) is 0 Å². The van der Waals surface area contributed by atoms with Crippen LogP contribution in [0.25, 0.3) is 0 Å². The van der Waals surface area contributed by atoms with Crippen molar-refractivity contribution in [2.24, 2.45) is 0 Å². The molecule has 1 unspecified atom stereocenters. The van der Waals surface area contributed by atoms with Gasteiger partial charge in [-0.3, -0.25) is 13.9 Å². The Morgan fingerprint density at radius 1 is 0.949 bits per heavy atom. The number of hydrogen-bond acceptors (Lipinski definition) is 4. The highest BCUT2D eigenvalue weighted by Crippen LogP contribution is 2.36. The summed E-state index contributed by atoms with van der Waals surface area (Å²) in [6.45, 7) is 1.02. The Bertz CT molecular complexity index is 1300. The SMILES string of the molecule is CCC(C(=O)NC1CCCCC1)N(Cc1c(Cl)cccc1Cl)C(=O)CN(c1cc(Cl)c(Cl)cc1Cl)S(C)(=O)=O. The van der Waals surface area contributed by atoms with Gasteiger partial charge in [0, 0.05) is 28.2 Å². The molecule has 2 aromatic rings. The molecule has 1 aliphatic carbocycles. The molecule has 1 fully saturated rings. The van der Waals surface area contributed by atoms with E-state index in [1.807, 2.05) is 0 Å². The van der Waals surface area contributed by atoms with Crippen LogP contribution in [0.15, 0.2) is 30.3 Å². The Morgan fingerprint density at radius 3 is 2.10 bits per heavy atom. The number of nitrogens with zero attached hydrogens (tertiary/aromatic N) is 2. The Kier molecular flexibility index (Phi) is 11.5. The first-order chi connectivity index (χ1) is 18.3. The molecule has 0 bridgehead atoms. The predicted molar refractivity (Wildman–Crippen MR) is 160 cm³/mol. The highest BCUT2D eigenvalue weighted by molar-refractivity contribution is 7.92. The number of nitrogens with one attached hydrogen (secondary N) is 1. The number of halogens is 5. The van der Waals surface area contributed by atoms with Crippen molar-refractivity contribution in [1.29, 1.82) is 0 Å². The number of rotatable bonds is 10. The number of sulfonamides is 1. The summed E-state index contributed by atoms with van der Waals surface area (Å²) in [6.07, 6.45) is 6.12. The van der Waals surface area contributed by atoms with Crippen LogP contribution in [0, 0.1) is 0 Å². The second-order valence-electron chi connectivity index (χ2n) is 9.48. The summed E-state index contributed by atoms with van der Waals surface area (Å²) >= 11 is 31.3. The van der Waals surface area contributed by atoms with Gasteiger partial charge in [-0.2, -0.15) is 0 Å². The lowest BCUT2D eigenvalue weighted by atomic mass is 9.95. The fourth-order valence-corrected chi connectivity index (χ4v) is 6.68. The monoisotopic (exact) mass is 655 g/mol. The Labute approximate surface area is 254 Å². The fraction of sp³-hybridized carbons (Fsp3) is 0.462. The highest BCUT2D eigenvalue weighted by atomic mass is 35.5. The zero-order valence-electron chi connectivity index (χ0n) is 21.5. The maximum atomic E-state index is 13.9. The second kappa shape index (κ2) is 14.0. The lowest BCUT2D eigenvalue weighted by molar-refractivity contribution is -0.140. The molecule has 0 saturated heterocycles. The van der Waals surface area contributed by atoms with Crippen molar-refractivity contribution in [2.45, 2.75) is 64.1 Å². The summed E-state index contributed by atoms with van der Waals surface area (Å²) in [7, 11) is -4.02. The molecule has 13 heteroatoms. The molecule has 1 atom stereocenters. The van der Waals surface area contributed by atoms with E-state index in [9.17, 15) is 18.0 Å². The van der Waals surface area contributed by atoms with Crippen LogP contribution in [0.5, 0.6) is 0 Å². The maximum Gasteiger partial charge on any atom is 0.244 e. The van der Waals surface area contributed by atoms with Crippen LogP contribution in [-0.2, 0) is 26.2 Å². The number of carbonyl (C=O) groups is 2. The average Bonchev–Trinajstić information content (AvgIpc) is 2.86. The molecule has 0 aromatic heterocycles. The van der Waals surface area contributed by atoms with E-state index in [1.54, 1.807) is 25.1 Å². The van der Waals surface area contributed by atoms with Gasteiger partial charge in [0.1, 0.15) is 12.6 Å². The molecule has 214 valence electrons. The third-order valence-electron chi connectivity index (χ3n) is 6.67. The van der Waals surface area contributed by atoms with E-state index in [0.717, 1.165) is 42.7 Å². The number of amides is 2.